The smallest absolute Gasteiger partial charge is 0.240 e. The summed E-state index contributed by atoms with van der Waals surface area (Å²) in [7, 11) is -2.08. The lowest BCUT2D eigenvalue weighted by molar-refractivity contribution is 0.588. The van der Waals surface area contributed by atoms with Crippen LogP contribution in [-0.2, 0) is 10.0 Å². The van der Waals surface area contributed by atoms with E-state index in [1.165, 1.54) is 19.2 Å². The summed E-state index contributed by atoms with van der Waals surface area (Å²) in [5, 5.41) is 3.00. The zero-order valence-electron chi connectivity index (χ0n) is 9.03. The number of nitrogens with one attached hydrogen (secondary N) is 2. The lowest BCUT2D eigenvalue weighted by atomic mass is 10.2. The second kappa shape index (κ2) is 5.00. The Bertz CT molecular complexity index is 483. The van der Waals surface area contributed by atoms with Gasteiger partial charge in [0, 0.05) is 6.54 Å². The van der Waals surface area contributed by atoms with E-state index in [0.717, 1.165) is 0 Å². The molecule has 0 heterocycles. The van der Waals surface area contributed by atoms with Crippen molar-refractivity contribution in [3.63, 3.8) is 0 Å². The van der Waals surface area contributed by atoms with Gasteiger partial charge in [-0.2, -0.15) is 0 Å². The van der Waals surface area contributed by atoms with E-state index in [4.69, 9.17) is 5.73 Å². The third-order valence-electron chi connectivity index (χ3n) is 2.04. The Kier molecular flexibility index (Phi) is 3.92. The summed E-state index contributed by atoms with van der Waals surface area (Å²) in [4.78, 5) is 0.150. The van der Waals surface area contributed by atoms with E-state index in [2.05, 4.69) is 16.6 Å². The molecule has 88 valence electrons. The van der Waals surface area contributed by atoms with Crippen molar-refractivity contribution < 1.29 is 8.42 Å². The molecule has 1 aromatic carbocycles. The summed E-state index contributed by atoms with van der Waals surface area (Å²) in [6.45, 7) is 4.14. The molecule has 0 atom stereocenters. The molecule has 0 spiro atoms. The Hall–Kier alpha value is -1.53. The van der Waals surface area contributed by atoms with Gasteiger partial charge in [-0.25, -0.2) is 13.1 Å². The van der Waals surface area contributed by atoms with Crippen LogP contribution in [0.25, 0.3) is 0 Å². The number of nitrogens with two attached hydrogens (primary N) is 1. The first kappa shape index (κ1) is 12.5. The molecule has 4 N–H and O–H groups in total. The molecule has 1 aromatic rings. The average Bonchev–Trinajstić information content (AvgIpc) is 2.27. The van der Waals surface area contributed by atoms with Crippen LogP contribution in [-0.4, -0.2) is 22.0 Å². The highest BCUT2D eigenvalue weighted by Gasteiger charge is 2.12. The van der Waals surface area contributed by atoms with Crippen LogP contribution in [0.15, 0.2) is 35.7 Å². The topological polar surface area (TPSA) is 84.2 Å². The predicted octanol–water partition coefficient (Wildman–Crippen LogP) is 0.775. The molecule has 16 heavy (non-hydrogen) atoms. The highest BCUT2D eigenvalue weighted by molar-refractivity contribution is 7.89. The van der Waals surface area contributed by atoms with Gasteiger partial charge in [0.1, 0.15) is 0 Å². The number of nitrogen functional groups attached to an aromatic ring is 1. The van der Waals surface area contributed by atoms with Crippen LogP contribution in [0.5, 0.6) is 0 Å². The molecule has 0 aliphatic rings. The number of benzene rings is 1. The number of sulfonamides is 1. The fourth-order valence-corrected chi connectivity index (χ4v) is 1.93. The molecule has 5 nitrogen and oxygen atoms in total. The standard InChI is InChI=1S/C10H15N3O2S/c1-3-6-13-10-5-4-8(7-9(10)11)16(14,15)12-2/h3-5,7,12-13H,1,6,11H2,2H3. The molecular formula is C10H15N3O2S. The molecule has 0 bridgehead atoms. The molecule has 0 unspecified atom stereocenters. The van der Waals surface area contributed by atoms with Gasteiger partial charge >= 0.3 is 0 Å². The number of hydrogen-bond acceptors (Lipinski definition) is 4. The fourth-order valence-electron chi connectivity index (χ4n) is 1.17. The molecule has 0 aliphatic carbocycles. The zero-order chi connectivity index (χ0) is 12.2. The fraction of sp³-hybridized carbons (Fsp3) is 0.200. The van der Waals surface area contributed by atoms with Crippen molar-refractivity contribution >= 4 is 21.4 Å². The van der Waals surface area contributed by atoms with Gasteiger partial charge in [0.05, 0.1) is 16.3 Å². The van der Waals surface area contributed by atoms with Crippen LogP contribution in [0.4, 0.5) is 11.4 Å². The second-order valence-corrected chi connectivity index (χ2v) is 5.01. The van der Waals surface area contributed by atoms with E-state index >= 15 is 0 Å². The molecule has 0 amide bonds. The van der Waals surface area contributed by atoms with Crippen LogP contribution < -0.4 is 15.8 Å². The third-order valence-corrected chi connectivity index (χ3v) is 3.45. The van der Waals surface area contributed by atoms with E-state index in [0.29, 0.717) is 17.9 Å². The van der Waals surface area contributed by atoms with Crippen molar-refractivity contribution in [1.82, 2.24) is 4.72 Å². The van der Waals surface area contributed by atoms with Crippen LogP contribution in [0.3, 0.4) is 0 Å². The molecular weight excluding hydrogens is 226 g/mol. The van der Waals surface area contributed by atoms with Crippen molar-refractivity contribution in [3.8, 4) is 0 Å². The Morgan fingerprint density at radius 2 is 2.19 bits per heavy atom. The van der Waals surface area contributed by atoms with Crippen molar-refractivity contribution in [2.75, 3.05) is 24.6 Å². The van der Waals surface area contributed by atoms with E-state index in [9.17, 15) is 8.42 Å². The van der Waals surface area contributed by atoms with Gasteiger partial charge < -0.3 is 11.1 Å². The maximum absolute atomic E-state index is 11.5. The van der Waals surface area contributed by atoms with E-state index < -0.39 is 10.0 Å². The van der Waals surface area contributed by atoms with Crippen LogP contribution in [0.1, 0.15) is 0 Å². The quantitative estimate of drug-likeness (QED) is 0.525. The molecule has 0 fully saturated rings. The summed E-state index contributed by atoms with van der Waals surface area (Å²) in [6.07, 6.45) is 1.69. The van der Waals surface area contributed by atoms with Gasteiger partial charge in [-0.05, 0) is 25.2 Å². The van der Waals surface area contributed by atoms with Gasteiger partial charge in [-0.3, -0.25) is 0 Å². The van der Waals surface area contributed by atoms with Gasteiger partial charge in [0.25, 0.3) is 0 Å². The maximum atomic E-state index is 11.5. The average molecular weight is 241 g/mol. The highest BCUT2D eigenvalue weighted by Crippen LogP contribution is 2.22. The molecule has 0 saturated heterocycles. The van der Waals surface area contributed by atoms with Crippen molar-refractivity contribution in [2.24, 2.45) is 0 Å². The Labute approximate surface area is 95.4 Å². The zero-order valence-corrected chi connectivity index (χ0v) is 9.84. The predicted molar refractivity (Wildman–Crippen MR) is 65.8 cm³/mol. The van der Waals surface area contributed by atoms with Gasteiger partial charge in [0.2, 0.25) is 10.0 Å². The van der Waals surface area contributed by atoms with Crippen molar-refractivity contribution in [3.05, 3.63) is 30.9 Å². The van der Waals surface area contributed by atoms with Gasteiger partial charge in [-0.1, -0.05) is 6.08 Å². The highest BCUT2D eigenvalue weighted by atomic mass is 32.2. The maximum Gasteiger partial charge on any atom is 0.240 e. The first-order valence-corrected chi connectivity index (χ1v) is 6.17. The monoisotopic (exact) mass is 241 g/mol. The van der Waals surface area contributed by atoms with Crippen LogP contribution in [0, 0.1) is 0 Å². The second-order valence-electron chi connectivity index (χ2n) is 3.13. The summed E-state index contributed by atoms with van der Waals surface area (Å²) >= 11 is 0. The number of hydrogen-bond donors (Lipinski definition) is 3. The van der Waals surface area contributed by atoms with Gasteiger partial charge in [-0.15, -0.1) is 6.58 Å². The Balaban J connectivity index is 3.04. The number of rotatable bonds is 5. The van der Waals surface area contributed by atoms with Crippen molar-refractivity contribution in [1.29, 1.82) is 0 Å². The van der Waals surface area contributed by atoms with E-state index in [-0.39, 0.29) is 4.90 Å². The van der Waals surface area contributed by atoms with E-state index in [1.54, 1.807) is 12.1 Å². The molecule has 0 aromatic heterocycles. The molecule has 0 saturated carbocycles. The van der Waals surface area contributed by atoms with Crippen molar-refractivity contribution in [2.45, 2.75) is 4.90 Å². The third kappa shape index (κ3) is 2.74. The minimum Gasteiger partial charge on any atom is -0.397 e. The normalized spacial score (nSPS) is 11.1. The summed E-state index contributed by atoms with van der Waals surface area (Å²) < 4.78 is 25.2. The minimum atomic E-state index is -3.44. The lowest BCUT2D eigenvalue weighted by Crippen LogP contribution is -2.18. The Morgan fingerprint density at radius 1 is 1.50 bits per heavy atom. The summed E-state index contributed by atoms with van der Waals surface area (Å²) in [5.74, 6) is 0. The first-order chi connectivity index (χ1) is 7.51. The lowest BCUT2D eigenvalue weighted by Gasteiger charge is -2.09. The number of anilines is 2. The SMILES string of the molecule is C=CCNc1ccc(S(=O)(=O)NC)cc1N. The molecule has 6 heteroatoms. The molecule has 0 radical (unpaired) electrons. The minimum absolute atomic E-state index is 0.150. The Morgan fingerprint density at radius 3 is 2.69 bits per heavy atom. The summed E-state index contributed by atoms with van der Waals surface area (Å²) in [5.41, 5.74) is 6.80. The van der Waals surface area contributed by atoms with Crippen LogP contribution >= 0.6 is 0 Å². The van der Waals surface area contributed by atoms with Crippen LogP contribution in [0.2, 0.25) is 0 Å². The summed E-state index contributed by atoms with van der Waals surface area (Å²) in [6, 6.07) is 4.54. The largest absolute Gasteiger partial charge is 0.397 e. The first-order valence-electron chi connectivity index (χ1n) is 4.69. The molecule has 0 aliphatic heterocycles. The molecule has 1 rings (SSSR count). The van der Waals surface area contributed by atoms with Gasteiger partial charge in [0.15, 0.2) is 0 Å². The van der Waals surface area contributed by atoms with E-state index in [1.807, 2.05) is 0 Å².